The Balaban J connectivity index is 2.23. The average Bonchev–Trinajstić information content (AvgIpc) is 2.27. The molecule has 1 atom stereocenters. The number of nitrogens with one attached hydrogen (secondary N) is 1. The van der Waals surface area contributed by atoms with E-state index in [1.807, 2.05) is 0 Å². The van der Waals surface area contributed by atoms with Crippen molar-refractivity contribution in [2.75, 3.05) is 12.9 Å². The van der Waals surface area contributed by atoms with Gasteiger partial charge in [-0.1, -0.05) is 6.07 Å². The van der Waals surface area contributed by atoms with E-state index < -0.39 is 0 Å². The van der Waals surface area contributed by atoms with Gasteiger partial charge >= 0.3 is 0 Å². The Labute approximate surface area is 88.7 Å². The van der Waals surface area contributed by atoms with E-state index in [1.165, 1.54) is 16.0 Å². The molecule has 0 saturated heterocycles. The van der Waals surface area contributed by atoms with Crippen molar-refractivity contribution < 1.29 is 5.11 Å². The van der Waals surface area contributed by atoms with Crippen molar-refractivity contribution in [3.05, 3.63) is 29.3 Å². The summed E-state index contributed by atoms with van der Waals surface area (Å²) in [5.74, 6) is 0. The molecule has 0 bridgehead atoms. The van der Waals surface area contributed by atoms with Crippen LogP contribution in [0.25, 0.3) is 0 Å². The van der Waals surface area contributed by atoms with Gasteiger partial charge in [0.05, 0.1) is 6.61 Å². The minimum atomic E-state index is 0.226. The fraction of sp³-hybridized carbons (Fsp3) is 0.455. The fourth-order valence-electron chi connectivity index (χ4n) is 1.81. The maximum Gasteiger partial charge on any atom is 0.0587 e. The van der Waals surface area contributed by atoms with Gasteiger partial charge in [0.25, 0.3) is 0 Å². The van der Waals surface area contributed by atoms with Crippen LogP contribution < -0.4 is 5.32 Å². The molecule has 14 heavy (non-hydrogen) atoms. The number of rotatable bonds is 2. The van der Waals surface area contributed by atoms with E-state index in [9.17, 15) is 0 Å². The third-order valence-electron chi connectivity index (χ3n) is 2.68. The predicted octanol–water partition coefficient (Wildman–Crippen LogP) is 1.42. The quantitative estimate of drug-likeness (QED) is 0.722. The van der Waals surface area contributed by atoms with Crippen LogP contribution in [-0.2, 0) is 13.0 Å². The number of aliphatic hydroxyl groups is 1. The van der Waals surface area contributed by atoms with Crippen molar-refractivity contribution in [1.29, 1.82) is 0 Å². The summed E-state index contributed by atoms with van der Waals surface area (Å²) in [5, 5.41) is 12.4. The highest BCUT2D eigenvalue weighted by molar-refractivity contribution is 7.98. The van der Waals surface area contributed by atoms with Gasteiger partial charge < -0.3 is 10.4 Å². The summed E-state index contributed by atoms with van der Waals surface area (Å²) in [4.78, 5) is 1.31. The third-order valence-corrected chi connectivity index (χ3v) is 3.41. The molecular formula is C11H15NOS. The number of aliphatic hydroxyl groups excluding tert-OH is 1. The van der Waals surface area contributed by atoms with Crippen LogP contribution in [0.4, 0.5) is 0 Å². The highest BCUT2D eigenvalue weighted by Crippen LogP contribution is 2.22. The molecular weight excluding hydrogens is 194 g/mol. The Morgan fingerprint density at radius 2 is 2.36 bits per heavy atom. The lowest BCUT2D eigenvalue weighted by molar-refractivity contribution is 0.236. The summed E-state index contributed by atoms with van der Waals surface area (Å²) >= 11 is 1.77. The molecule has 0 saturated carbocycles. The summed E-state index contributed by atoms with van der Waals surface area (Å²) < 4.78 is 0. The van der Waals surface area contributed by atoms with Gasteiger partial charge in [0.1, 0.15) is 0 Å². The van der Waals surface area contributed by atoms with Crippen LogP contribution in [0.3, 0.4) is 0 Å². The van der Waals surface area contributed by atoms with Gasteiger partial charge in [-0.15, -0.1) is 11.8 Å². The zero-order valence-corrected chi connectivity index (χ0v) is 9.10. The second kappa shape index (κ2) is 4.34. The molecule has 76 valence electrons. The van der Waals surface area contributed by atoms with Crippen molar-refractivity contribution in [3.63, 3.8) is 0 Å². The standard InChI is InChI=1S/C11H15NOS/c1-14-11-3-2-8-4-10(7-13)12-6-9(8)5-11/h2-3,5,10,12-13H,4,6-7H2,1H3. The summed E-state index contributed by atoms with van der Waals surface area (Å²) in [7, 11) is 0. The third kappa shape index (κ3) is 1.95. The van der Waals surface area contributed by atoms with Crippen molar-refractivity contribution in [3.8, 4) is 0 Å². The van der Waals surface area contributed by atoms with Gasteiger partial charge in [-0.3, -0.25) is 0 Å². The predicted molar refractivity (Wildman–Crippen MR) is 59.6 cm³/mol. The average molecular weight is 209 g/mol. The summed E-state index contributed by atoms with van der Waals surface area (Å²) in [6.07, 6.45) is 3.04. The van der Waals surface area contributed by atoms with E-state index in [0.717, 1.165) is 13.0 Å². The van der Waals surface area contributed by atoms with Crippen LogP contribution in [0.2, 0.25) is 0 Å². The van der Waals surface area contributed by atoms with Gasteiger partial charge in [-0.25, -0.2) is 0 Å². The Bertz CT molecular complexity index is 327. The highest BCUT2D eigenvalue weighted by Gasteiger charge is 2.16. The van der Waals surface area contributed by atoms with Crippen LogP contribution in [-0.4, -0.2) is 24.0 Å². The van der Waals surface area contributed by atoms with Crippen molar-refractivity contribution in [1.82, 2.24) is 5.32 Å². The zero-order valence-electron chi connectivity index (χ0n) is 8.29. The van der Waals surface area contributed by atoms with Gasteiger partial charge in [-0.05, 0) is 35.9 Å². The van der Waals surface area contributed by atoms with Crippen LogP contribution in [0, 0.1) is 0 Å². The molecule has 2 nitrogen and oxygen atoms in total. The zero-order chi connectivity index (χ0) is 9.97. The van der Waals surface area contributed by atoms with E-state index in [2.05, 4.69) is 29.8 Å². The lowest BCUT2D eigenvalue weighted by Crippen LogP contribution is -2.38. The van der Waals surface area contributed by atoms with Crippen molar-refractivity contribution >= 4 is 11.8 Å². The Kier molecular flexibility index (Phi) is 3.11. The molecule has 1 unspecified atom stereocenters. The molecule has 0 aliphatic carbocycles. The Morgan fingerprint density at radius 1 is 1.50 bits per heavy atom. The van der Waals surface area contributed by atoms with Crippen molar-refractivity contribution in [2.24, 2.45) is 0 Å². The molecule has 0 aromatic heterocycles. The molecule has 0 spiro atoms. The molecule has 0 fully saturated rings. The number of thioether (sulfide) groups is 1. The molecule has 0 amide bonds. The molecule has 1 aliphatic rings. The van der Waals surface area contributed by atoms with Gasteiger partial charge in [-0.2, -0.15) is 0 Å². The molecule has 2 N–H and O–H groups in total. The lowest BCUT2D eigenvalue weighted by atomic mass is 9.96. The molecule has 3 heteroatoms. The minimum Gasteiger partial charge on any atom is -0.395 e. The van der Waals surface area contributed by atoms with Gasteiger partial charge in [0.15, 0.2) is 0 Å². The Morgan fingerprint density at radius 3 is 3.07 bits per heavy atom. The largest absolute Gasteiger partial charge is 0.395 e. The molecule has 1 aromatic rings. The maximum absolute atomic E-state index is 9.05. The van der Waals surface area contributed by atoms with Gasteiger partial charge in [0, 0.05) is 17.5 Å². The SMILES string of the molecule is CSc1ccc2c(c1)CNC(CO)C2. The summed E-state index contributed by atoms with van der Waals surface area (Å²) in [6.45, 7) is 1.11. The first kappa shape index (κ1) is 10.0. The van der Waals surface area contributed by atoms with E-state index in [-0.39, 0.29) is 12.6 Å². The van der Waals surface area contributed by atoms with E-state index >= 15 is 0 Å². The normalized spacial score (nSPS) is 20.6. The van der Waals surface area contributed by atoms with E-state index in [0.29, 0.717) is 0 Å². The van der Waals surface area contributed by atoms with Crippen LogP contribution in [0.1, 0.15) is 11.1 Å². The smallest absolute Gasteiger partial charge is 0.0587 e. The van der Waals surface area contributed by atoms with E-state index in [1.54, 1.807) is 11.8 Å². The monoisotopic (exact) mass is 209 g/mol. The van der Waals surface area contributed by atoms with Crippen molar-refractivity contribution in [2.45, 2.75) is 23.9 Å². The fourth-order valence-corrected chi connectivity index (χ4v) is 2.28. The highest BCUT2D eigenvalue weighted by atomic mass is 32.2. The first-order valence-electron chi connectivity index (χ1n) is 4.83. The second-order valence-corrected chi connectivity index (χ2v) is 4.48. The molecule has 1 heterocycles. The first-order valence-corrected chi connectivity index (χ1v) is 6.06. The topological polar surface area (TPSA) is 32.3 Å². The summed E-state index contributed by atoms with van der Waals surface area (Å²) in [5.41, 5.74) is 2.75. The first-order chi connectivity index (χ1) is 6.83. The Hall–Kier alpha value is -0.510. The van der Waals surface area contributed by atoms with E-state index in [4.69, 9.17) is 5.11 Å². The van der Waals surface area contributed by atoms with Crippen LogP contribution in [0.15, 0.2) is 23.1 Å². The maximum atomic E-state index is 9.05. The second-order valence-electron chi connectivity index (χ2n) is 3.60. The van der Waals surface area contributed by atoms with Gasteiger partial charge in [0.2, 0.25) is 0 Å². The molecule has 1 aromatic carbocycles. The molecule has 2 rings (SSSR count). The molecule has 0 radical (unpaired) electrons. The van der Waals surface area contributed by atoms with Crippen LogP contribution in [0.5, 0.6) is 0 Å². The minimum absolute atomic E-state index is 0.226. The number of hydrogen-bond acceptors (Lipinski definition) is 3. The number of benzene rings is 1. The van der Waals surface area contributed by atoms with Crippen LogP contribution >= 0.6 is 11.8 Å². The summed E-state index contributed by atoms with van der Waals surface area (Å²) in [6, 6.07) is 6.82. The number of hydrogen-bond donors (Lipinski definition) is 2. The molecule has 1 aliphatic heterocycles. The lowest BCUT2D eigenvalue weighted by Gasteiger charge is -2.24. The number of fused-ring (bicyclic) bond motifs is 1.